The van der Waals surface area contributed by atoms with Crippen LogP contribution in [0, 0.1) is 0 Å². The van der Waals surface area contributed by atoms with Crippen molar-refractivity contribution in [1.29, 1.82) is 0 Å². The molecule has 15 nitrogen and oxygen atoms in total. The third kappa shape index (κ3) is 4.53. The Labute approximate surface area is 180 Å². The monoisotopic (exact) mass is 473 g/mol. The summed E-state index contributed by atoms with van der Waals surface area (Å²) >= 11 is 0. The van der Waals surface area contributed by atoms with E-state index in [1.807, 2.05) is 0 Å². The Kier molecular flexibility index (Phi) is 6.42. The van der Waals surface area contributed by atoms with E-state index in [9.17, 15) is 24.1 Å². The van der Waals surface area contributed by atoms with Crippen LogP contribution in [-0.2, 0) is 32.9 Å². The van der Waals surface area contributed by atoms with Crippen LogP contribution in [0.5, 0.6) is 0 Å². The lowest BCUT2D eigenvalue weighted by Gasteiger charge is -2.31. The number of phosphoric acid groups is 1. The summed E-state index contributed by atoms with van der Waals surface area (Å²) in [5.74, 6) is -2.12. The van der Waals surface area contributed by atoms with E-state index in [4.69, 9.17) is 19.3 Å². The van der Waals surface area contributed by atoms with Gasteiger partial charge in [0.05, 0.1) is 12.9 Å². The minimum atomic E-state index is -4.95. The molecule has 1 amide bonds. The van der Waals surface area contributed by atoms with Gasteiger partial charge in [0, 0.05) is 13.8 Å². The van der Waals surface area contributed by atoms with Crippen LogP contribution in [0.4, 0.5) is 5.82 Å². The van der Waals surface area contributed by atoms with Gasteiger partial charge in [-0.3, -0.25) is 23.5 Å². The van der Waals surface area contributed by atoms with Gasteiger partial charge in [-0.2, -0.15) is 0 Å². The molecule has 1 aliphatic rings. The van der Waals surface area contributed by atoms with Crippen LogP contribution in [0.15, 0.2) is 12.7 Å². The number of hydrogen-bond acceptors (Lipinski definition) is 11. The zero-order valence-corrected chi connectivity index (χ0v) is 17.9. The molecule has 16 heteroatoms. The van der Waals surface area contributed by atoms with Crippen LogP contribution in [0.1, 0.15) is 27.0 Å². The fourth-order valence-electron chi connectivity index (χ4n) is 3.34. The molecule has 1 saturated heterocycles. The zero-order valence-electron chi connectivity index (χ0n) is 17.0. The number of ketones is 1. The standard InChI is InChI=1S/C16H20N5O10P/c1-7(22)16(25)12(30-9(3)24)10(4-29-32(26,27)28)31-15(16)21-6-19-11-13(20-8(2)23)17-5-18-14(11)21/h5-6,10,12,15,25H,4H2,1-3H3,(H2,26,27,28)(H,17,18,20,23)/t10-,12-,15-,16-/m1/s1. The van der Waals surface area contributed by atoms with Crippen LogP contribution in [0.25, 0.3) is 11.2 Å². The molecule has 2 aromatic heterocycles. The quantitative estimate of drug-likeness (QED) is 0.282. The van der Waals surface area contributed by atoms with E-state index >= 15 is 0 Å². The number of fused-ring (bicyclic) bond motifs is 1. The molecule has 1 aliphatic heterocycles. The molecule has 3 heterocycles. The summed E-state index contributed by atoms with van der Waals surface area (Å²) in [6.07, 6.45) is -2.45. The smallest absolute Gasteiger partial charge is 0.456 e. The number of aromatic nitrogens is 4. The van der Waals surface area contributed by atoms with Gasteiger partial charge in [-0.25, -0.2) is 19.5 Å². The van der Waals surface area contributed by atoms with Crippen molar-refractivity contribution in [2.75, 3.05) is 11.9 Å². The number of ether oxygens (including phenoxy) is 2. The topological polar surface area (TPSA) is 212 Å². The van der Waals surface area contributed by atoms with E-state index in [2.05, 4.69) is 24.8 Å². The highest BCUT2D eigenvalue weighted by atomic mass is 31.2. The second kappa shape index (κ2) is 8.61. The molecule has 1 fully saturated rings. The Morgan fingerprint density at radius 2 is 1.94 bits per heavy atom. The number of amides is 1. The first-order chi connectivity index (χ1) is 14.8. The maximum atomic E-state index is 12.5. The molecule has 0 saturated carbocycles. The molecule has 2 aromatic rings. The maximum Gasteiger partial charge on any atom is 0.469 e. The van der Waals surface area contributed by atoms with Gasteiger partial charge in [0.1, 0.15) is 12.4 Å². The number of nitrogens with zero attached hydrogens (tertiary/aromatic N) is 4. The third-order valence-corrected chi connectivity index (χ3v) is 5.11. The van der Waals surface area contributed by atoms with Crippen molar-refractivity contribution in [3.8, 4) is 0 Å². The summed E-state index contributed by atoms with van der Waals surface area (Å²) in [5.41, 5.74) is -2.34. The number of carbonyl (C=O) groups excluding carboxylic acids is 3. The number of hydrogen-bond donors (Lipinski definition) is 4. The van der Waals surface area contributed by atoms with Gasteiger partial charge in [-0.15, -0.1) is 0 Å². The largest absolute Gasteiger partial charge is 0.469 e. The lowest BCUT2D eigenvalue weighted by molar-refractivity contribution is -0.170. The Balaban J connectivity index is 2.10. The molecule has 3 rings (SSSR count). The minimum Gasteiger partial charge on any atom is -0.456 e. The van der Waals surface area contributed by atoms with Crippen molar-refractivity contribution in [2.24, 2.45) is 0 Å². The first kappa shape index (κ1) is 23.8. The molecule has 0 bridgehead atoms. The average Bonchev–Trinajstić information content (AvgIpc) is 3.20. The van der Waals surface area contributed by atoms with E-state index < -0.39 is 56.1 Å². The van der Waals surface area contributed by atoms with Crippen molar-refractivity contribution in [2.45, 2.75) is 44.8 Å². The van der Waals surface area contributed by atoms with Gasteiger partial charge in [-0.1, -0.05) is 0 Å². The number of nitrogens with one attached hydrogen (secondary N) is 1. The number of rotatable bonds is 7. The summed E-state index contributed by atoms with van der Waals surface area (Å²) in [6.45, 7) is 2.49. The molecule has 32 heavy (non-hydrogen) atoms. The summed E-state index contributed by atoms with van der Waals surface area (Å²) < 4.78 is 27.5. The molecule has 0 aliphatic carbocycles. The van der Waals surface area contributed by atoms with E-state index in [1.54, 1.807) is 0 Å². The van der Waals surface area contributed by atoms with Gasteiger partial charge in [0.15, 0.2) is 35.1 Å². The average molecular weight is 473 g/mol. The molecular formula is C16H20N5O10P. The molecule has 4 atom stereocenters. The first-order valence-corrected chi connectivity index (χ1v) is 10.6. The molecule has 0 aromatic carbocycles. The van der Waals surface area contributed by atoms with Crippen LogP contribution in [0.3, 0.4) is 0 Å². The fraction of sp³-hybridized carbons (Fsp3) is 0.500. The van der Waals surface area contributed by atoms with E-state index in [0.717, 1.165) is 31.1 Å². The van der Waals surface area contributed by atoms with Crippen LogP contribution >= 0.6 is 7.82 Å². The second-order valence-corrected chi connectivity index (χ2v) is 8.19. The van der Waals surface area contributed by atoms with Crippen molar-refractivity contribution < 1.29 is 47.8 Å². The highest BCUT2D eigenvalue weighted by Gasteiger charge is 2.62. The Morgan fingerprint density at radius 3 is 2.50 bits per heavy atom. The van der Waals surface area contributed by atoms with E-state index in [-0.39, 0.29) is 17.0 Å². The van der Waals surface area contributed by atoms with Crippen LogP contribution < -0.4 is 5.32 Å². The number of aliphatic hydroxyl groups is 1. The van der Waals surface area contributed by atoms with Gasteiger partial charge in [0.25, 0.3) is 0 Å². The highest BCUT2D eigenvalue weighted by Crippen LogP contribution is 2.44. The van der Waals surface area contributed by atoms with Crippen LogP contribution in [-0.4, -0.2) is 76.5 Å². The normalized spacial score (nSPS) is 25.6. The number of Topliss-reactive ketones (excluding diaryl/α,β-unsaturated/α-hetero) is 1. The molecule has 0 radical (unpaired) electrons. The summed E-state index contributed by atoms with van der Waals surface area (Å²) in [6, 6.07) is 0. The molecule has 0 spiro atoms. The lowest BCUT2D eigenvalue weighted by atomic mass is 9.90. The van der Waals surface area contributed by atoms with Gasteiger partial charge < -0.3 is 29.7 Å². The Bertz CT molecular complexity index is 1120. The van der Waals surface area contributed by atoms with Gasteiger partial charge in [-0.05, 0) is 6.92 Å². The number of carbonyl (C=O) groups is 3. The maximum absolute atomic E-state index is 12.5. The molecule has 4 N–H and O–H groups in total. The lowest BCUT2D eigenvalue weighted by Crippen LogP contribution is -2.54. The molecular weight excluding hydrogens is 453 g/mol. The van der Waals surface area contributed by atoms with E-state index in [0.29, 0.717) is 0 Å². The molecule has 0 unspecified atom stereocenters. The summed E-state index contributed by atoms with van der Waals surface area (Å²) in [4.78, 5) is 65.6. The number of imidazole rings is 1. The van der Waals surface area contributed by atoms with Crippen LogP contribution in [0.2, 0.25) is 0 Å². The third-order valence-electron chi connectivity index (χ3n) is 4.62. The SMILES string of the molecule is CC(=O)Nc1ncnc2c1ncn2[C@@H]1O[C@H](COP(=O)(O)O)[C@@H](OC(C)=O)[C@]1(O)C(C)=O. The van der Waals surface area contributed by atoms with Crippen molar-refractivity contribution >= 4 is 42.5 Å². The van der Waals surface area contributed by atoms with Crippen molar-refractivity contribution in [3.63, 3.8) is 0 Å². The number of anilines is 1. The van der Waals surface area contributed by atoms with Crippen molar-refractivity contribution in [3.05, 3.63) is 12.7 Å². The Morgan fingerprint density at radius 1 is 1.25 bits per heavy atom. The Hall–Kier alpha value is -2.81. The second-order valence-electron chi connectivity index (χ2n) is 6.95. The summed E-state index contributed by atoms with van der Waals surface area (Å²) in [7, 11) is -4.95. The van der Waals surface area contributed by atoms with Gasteiger partial charge in [0.2, 0.25) is 11.5 Å². The van der Waals surface area contributed by atoms with Gasteiger partial charge >= 0.3 is 13.8 Å². The fourth-order valence-corrected chi connectivity index (χ4v) is 3.68. The van der Waals surface area contributed by atoms with Crippen molar-refractivity contribution in [1.82, 2.24) is 19.5 Å². The minimum absolute atomic E-state index is 0.0477. The number of phosphoric ester groups is 1. The number of esters is 1. The summed E-state index contributed by atoms with van der Waals surface area (Å²) in [5, 5.41) is 13.8. The first-order valence-electron chi connectivity index (χ1n) is 9.06. The zero-order chi connectivity index (χ0) is 23.8. The molecule has 174 valence electrons. The predicted molar refractivity (Wildman–Crippen MR) is 103 cm³/mol. The predicted octanol–water partition coefficient (Wildman–Crippen LogP) is -0.957. The highest BCUT2D eigenvalue weighted by molar-refractivity contribution is 7.46. The van der Waals surface area contributed by atoms with E-state index in [1.165, 1.54) is 6.92 Å².